The second kappa shape index (κ2) is 7.51. The highest BCUT2D eigenvalue weighted by molar-refractivity contribution is 5.80. The van der Waals surface area contributed by atoms with Crippen molar-refractivity contribution in [3.8, 4) is 11.3 Å². The molecule has 0 aliphatic rings. The van der Waals surface area contributed by atoms with E-state index < -0.39 is 17.6 Å². The van der Waals surface area contributed by atoms with Crippen molar-refractivity contribution in [3.63, 3.8) is 0 Å². The van der Waals surface area contributed by atoms with Gasteiger partial charge >= 0.3 is 0 Å². The van der Waals surface area contributed by atoms with E-state index in [0.717, 1.165) is 5.56 Å². The highest BCUT2D eigenvalue weighted by Crippen LogP contribution is 2.33. The number of fused-ring (bicyclic) bond motifs is 2. The first-order valence-corrected chi connectivity index (χ1v) is 9.78. The first kappa shape index (κ1) is 19.3. The number of aliphatic hydroxyl groups is 1. The van der Waals surface area contributed by atoms with Gasteiger partial charge < -0.3 is 5.11 Å². The number of imidazole rings is 1. The molecule has 1 N–H and O–H groups in total. The van der Waals surface area contributed by atoms with Gasteiger partial charge in [0, 0.05) is 40.9 Å². The van der Waals surface area contributed by atoms with Crippen molar-refractivity contribution in [1.82, 2.24) is 29.4 Å². The molecule has 0 fully saturated rings. The Bertz CT molecular complexity index is 1410. The molecule has 9 heteroatoms. The van der Waals surface area contributed by atoms with E-state index in [1.54, 1.807) is 59.0 Å². The number of nitrogens with zero attached hydrogens (tertiary/aromatic N) is 6. The Morgan fingerprint density at radius 3 is 2.84 bits per heavy atom. The molecule has 1 unspecified atom stereocenters. The molecule has 4 aromatic heterocycles. The van der Waals surface area contributed by atoms with E-state index in [4.69, 9.17) is 5.11 Å². The van der Waals surface area contributed by atoms with Crippen LogP contribution < -0.4 is 0 Å². The molecule has 1 aromatic carbocycles. The van der Waals surface area contributed by atoms with Gasteiger partial charge in [0.1, 0.15) is 11.6 Å². The van der Waals surface area contributed by atoms with Gasteiger partial charge in [0.05, 0.1) is 42.4 Å². The fourth-order valence-corrected chi connectivity index (χ4v) is 3.77. The summed E-state index contributed by atoms with van der Waals surface area (Å²) in [6.07, 6.45) is 6.51. The zero-order chi connectivity index (χ0) is 21.5. The molecule has 5 rings (SSSR count). The van der Waals surface area contributed by atoms with Gasteiger partial charge in [0.2, 0.25) is 0 Å². The molecule has 156 valence electrons. The third-order valence-corrected chi connectivity index (χ3v) is 5.36. The fraction of sp³-hybridized carbons (Fsp3) is 0.182. The summed E-state index contributed by atoms with van der Waals surface area (Å²) in [6.45, 7) is 2.08. The molecule has 1 atom stereocenters. The maximum atomic E-state index is 15.2. The van der Waals surface area contributed by atoms with E-state index in [0.29, 0.717) is 23.6 Å². The van der Waals surface area contributed by atoms with Crippen LogP contribution in [0.4, 0.5) is 8.78 Å². The van der Waals surface area contributed by atoms with Gasteiger partial charge in [0.25, 0.3) is 0 Å². The van der Waals surface area contributed by atoms with E-state index in [1.165, 1.54) is 12.3 Å². The van der Waals surface area contributed by atoms with Crippen LogP contribution >= 0.6 is 0 Å². The van der Waals surface area contributed by atoms with E-state index in [1.807, 2.05) is 0 Å². The summed E-state index contributed by atoms with van der Waals surface area (Å²) in [5.41, 5.74) is 2.73. The predicted molar refractivity (Wildman–Crippen MR) is 110 cm³/mol. The maximum absolute atomic E-state index is 15.2. The number of aromatic nitrogens is 6. The van der Waals surface area contributed by atoms with Crippen LogP contribution in [0.2, 0.25) is 0 Å². The van der Waals surface area contributed by atoms with Crippen molar-refractivity contribution in [2.75, 3.05) is 6.61 Å². The molecule has 0 saturated heterocycles. The number of benzene rings is 1. The third kappa shape index (κ3) is 3.23. The van der Waals surface area contributed by atoms with Crippen LogP contribution in [0.25, 0.3) is 27.8 Å². The Balaban J connectivity index is 1.61. The summed E-state index contributed by atoms with van der Waals surface area (Å²) in [5, 5.41) is 18.2. The largest absolute Gasteiger partial charge is 0.394 e. The third-order valence-electron chi connectivity index (χ3n) is 5.36. The number of hydrogen-bond acceptors (Lipinski definition) is 5. The summed E-state index contributed by atoms with van der Waals surface area (Å²) >= 11 is 0. The molecular weight excluding hydrogens is 402 g/mol. The van der Waals surface area contributed by atoms with Crippen LogP contribution in [0.15, 0.2) is 55.1 Å². The Labute approximate surface area is 175 Å². The minimum absolute atomic E-state index is 0.0187. The molecule has 0 aliphatic carbocycles. The van der Waals surface area contributed by atoms with Crippen LogP contribution in [0.3, 0.4) is 0 Å². The lowest BCUT2D eigenvalue weighted by Gasteiger charge is -2.15. The van der Waals surface area contributed by atoms with Crippen molar-refractivity contribution in [2.45, 2.75) is 19.4 Å². The Hall–Kier alpha value is -3.72. The van der Waals surface area contributed by atoms with Gasteiger partial charge in [-0.3, -0.25) is 9.67 Å². The van der Waals surface area contributed by atoms with Gasteiger partial charge in [-0.25, -0.2) is 18.3 Å². The molecule has 5 aromatic rings. The SMILES string of the molecule is CC(c1c(F)cc2ncccc2c1F)c1cnc2ccc(-c3cnn(CCO)c3)nn12. The highest BCUT2D eigenvalue weighted by Gasteiger charge is 2.24. The number of hydrogen-bond donors (Lipinski definition) is 1. The van der Waals surface area contributed by atoms with Crippen LogP contribution in [0, 0.1) is 11.6 Å². The molecule has 4 heterocycles. The Morgan fingerprint density at radius 1 is 1.13 bits per heavy atom. The summed E-state index contributed by atoms with van der Waals surface area (Å²) in [5.74, 6) is -1.93. The first-order chi connectivity index (χ1) is 15.1. The molecule has 0 saturated carbocycles. The van der Waals surface area contributed by atoms with Crippen molar-refractivity contribution < 1.29 is 13.9 Å². The monoisotopic (exact) mass is 420 g/mol. The minimum Gasteiger partial charge on any atom is -0.394 e. The quantitative estimate of drug-likeness (QED) is 0.470. The van der Waals surface area contributed by atoms with Gasteiger partial charge in [-0.15, -0.1) is 0 Å². The van der Waals surface area contributed by atoms with Crippen LogP contribution in [-0.4, -0.2) is 41.1 Å². The van der Waals surface area contributed by atoms with Gasteiger partial charge in [0.15, 0.2) is 5.65 Å². The lowest BCUT2D eigenvalue weighted by atomic mass is 9.95. The lowest BCUT2D eigenvalue weighted by molar-refractivity contribution is 0.269. The zero-order valence-corrected chi connectivity index (χ0v) is 16.6. The number of pyridine rings is 1. The molecule has 7 nitrogen and oxygen atoms in total. The molecule has 0 bridgehead atoms. The van der Waals surface area contributed by atoms with Crippen LogP contribution in [0.1, 0.15) is 24.1 Å². The van der Waals surface area contributed by atoms with Gasteiger partial charge in [-0.1, -0.05) is 6.92 Å². The van der Waals surface area contributed by atoms with Crippen molar-refractivity contribution >= 4 is 16.6 Å². The standard InChI is InChI=1S/C22H18F2N6O/c1-13(21-16(23)9-18-15(22(21)24)3-2-6-25-18)19-11-26-20-5-4-17(28-30(19)20)14-10-27-29(12-14)7-8-31/h2-6,9-13,31H,7-8H2,1H3. The normalized spacial score (nSPS) is 12.6. The summed E-state index contributed by atoms with van der Waals surface area (Å²) in [4.78, 5) is 8.39. The average molecular weight is 420 g/mol. The topological polar surface area (TPSA) is 81.1 Å². The summed E-state index contributed by atoms with van der Waals surface area (Å²) < 4.78 is 33.3. The summed E-state index contributed by atoms with van der Waals surface area (Å²) in [6, 6.07) is 8.06. The molecule has 0 amide bonds. The molecule has 0 spiro atoms. The Kier molecular flexibility index (Phi) is 4.67. The second-order valence-corrected chi connectivity index (χ2v) is 7.27. The maximum Gasteiger partial charge on any atom is 0.153 e. The fourth-order valence-electron chi connectivity index (χ4n) is 3.77. The van der Waals surface area contributed by atoms with E-state index in [-0.39, 0.29) is 23.1 Å². The molecule has 0 radical (unpaired) electrons. The minimum atomic E-state index is -0.660. The first-order valence-electron chi connectivity index (χ1n) is 9.78. The zero-order valence-electron chi connectivity index (χ0n) is 16.6. The second-order valence-electron chi connectivity index (χ2n) is 7.27. The van der Waals surface area contributed by atoms with Crippen molar-refractivity contribution in [1.29, 1.82) is 0 Å². The van der Waals surface area contributed by atoms with Gasteiger partial charge in [-0.05, 0) is 24.3 Å². The Morgan fingerprint density at radius 2 is 2.00 bits per heavy atom. The molecular formula is C22H18F2N6O. The number of rotatable bonds is 5. The van der Waals surface area contributed by atoms with E-state index >= 15 is 4.39 Å². The predicted octanol–water partition coefficient (Wildman–Crippen LogP) is 3.56. The highest BCUT2D eigenvalue weighted by atomic mass is 19.1. The number of halogens is 2. The molecule has 0 aliphatic heterocycles. The van der Waals surface area contributed by atoms with E-state index in [9.17, 15) is 4.39 Å². The average Bonchev–Trinajstić information content (AvgIpc) is 3.40. The van der Waals surface area contributed by atoms with Crippen molar-refractivity contribution in [2.24, 2.45) is 0 Å². The van der Waals surface area contributed by atoms with Crippen LogP contribution in [0.5, 0.6) is 0 Å². The summed E-state index contributed by atoms with van der Waals surface area (Å²) in [7, 11) is 0. The number of aliphatic hydroxyl groups excluding tert-OH is 1. The van der Waals surface area contributed by atoms with Crippen molar-refractivity contribution in [3.05, 3.63) is 78.0 Å². The lowest BCUT2D eigenvalue weighted by Crippen LogP contribution is -2.08. The van der Waals surface area contributed by atoms with Crippen LogP contribution in [-0.2, 0) is 6.54 Å². The van der Waals surface area contributed by atoms with Gasteiger partial charge in [-0.2, -0.15) is 10.2 Å². The smallest absolute Gasteiger partial charge is 0.153 e. The van der Waals surface area contributed by atoms with E-state index in [2.05, 4.69) is 20.2 Å². The molecule has 31 heavy (non-hydrogen) atoms.